The van der Waals surface area contributed by atoms with Gasteiger partial charge in [-0.1, -0.05) is 6.08 Å². The molecule has 4 rings (SSSR count). The minimum absolute atomic E-state index is 0.0796. The molecule has 1 aromatic heterocycles. The molecule has 3 aliphatic heterocycles. The van der Waals surface area contributed by atoms with E-state index in [9.17, 15) is 27.9 Å². The van der Waals surface area contributed by atoms with Crippen molar-refractivity contribution in [1.82, 2.24) is 30.6 Å². The minimum Gasteiger partial charge on any atom is -0.474 e. The molecule has 0 radical (unpaired) electrons. The van der Waals surface area contributed by atoms with Gasteiger partial charge in [-0.15, -0.1) is 10.2 Å². The first-order valence-corrected chi connectivity index (χ1v) is 11.2. The SMILES string of the molecule is C[C@@H](NC(=O)C1C=CC2=C(N1)N(C(=O)Nc1ccc(OC[C@@H](O)CO)nn1)[C@H]1CCN2C1)C(F)(F)F. The van der Waals surface area contributed by atoms with E-state index < -0.39 is 42.9 Å². The van der Waals surface area contributed by atoms with Crippen molar-refractivity contribution in [2.75, 3.05) is 31.6 Å². The molecule has 1 aromatic rings. The molecular weight excluding hydrogens is 487 g/mol. The van der Waals surface area contributed by atoms with Crippen molar-refractivity contribution in [3.8, 4) is 5.88 Å². The summed E-state index contributed by atoms with van der Waals surface area (Å²) in [4.78, 5) is 29.2. The van der Waals surface area contributed by atoms with Crippen LogP contribution in [0.1, 0.15) is 13.3 Å². The Balaban J connectivity index is 1.45. The number of ether oxygens (including phenoxy) is 1. The van der Waals surface area contributed by atoms with Crippen LogP contribution in [0.2, 0.25) is 0 Å². The van der Waals surface area contributed by atoms with E-state index in [2.05, 4.69) is 20.8 Å². The molecule has 1 saturated heterocycles. The second-order valence-corrected chi connectivity index (χ2v) is 8.58. The molecule has 3 aliphatic rings. The lowest BCUT2D eigenvalue weighted by molar-refractivity contribution is -0.158. The molecule has 36 heavy (non-hydrogen) atoms. The molecule has 1 fully saturated rings. The number of hydrogen-bond donors (Lipinski definition) is 5. The van der Waals surface area contributed by atoms with Crippen molar-refractivity contribution in [1.29, 1.82) is 0 Å². The second-order valence-electron chi connectivity index (χ2n) is 8.58. The molecule has 4 atom stereocenters. The van der Waals surface area contributed by atoms with Crippen LogP contribution in [0.4, 0.5) is 23.8 Å². The zero-order valence-corrected chi connectivity index (χ0v) is 19.2. The van der Waals surface area contributed by atoms with E-state index in [1.165, 1.54) is 23.1 Å². The highest BCUT2D eigenvalue weighted by Crippen LogP contribution is 2.33. The van der Waals surface area contributed by atoms with Gasteiger partial charge >= 0.3 is 12.2 Å². The highest BCUT2D eigenvalue weighted by molar-refractivity contribution is 5.91. The predicted molar refractivity (Wildman–Crippen MR) is 118 cm³/mol. The monoisotopic (exact) mass is 513 g/mol. The number of anilines is 1. The maximum atomic E-state index is 13.2. The van der Waals surface area contributed by atoms with Gasteiger partial charge in [0.15, 0.2) is 5.82 Å². The topological polar surface area (TPSA) is 152 Å². The lowest BCUT2D eigenvalue weighted by atomic mass is 10.1. The van der Waals surface area contributed by atoms with Crippen LogP contribution in [0.5, 0.6) is 5.88 Å². The summed E-state index contributed by atoms with van der Waals surface area (Å²) in [5.74, 6) is -0.369. The Hall–Kier alpha value is -3.59. The number of allylic oxidation sites excluding steroid dienone is 1. The minimum atomic E-state index is -4.58. The van der Waals surface area contributed by atoms with E-state index in [1.54, 1.807) is 6.08 Å². The van der Waals surface area contributed by atoms with Gasteiger partial charge in [-0.05, 0) is 25.5 Å². The summed E-state index contributed by atoms with van der Waals surface area (Å²) in [6.07, 6.45) is -1.91. The zero-order valence-electron chi connectivity index (χ0n) is 19.2. The van der Waals surface area contributed by atoms with Gasteiger partial charge in [-0.3, -0.25) is 15.0 Å². The summed E-state index contributed by atoms with van der Waals surface area (Å²) >= 11 is 0. The van der Waals surface area contributed by atoms with Crippen LogP contribution in [-0.4, -0.2) is 98.9 Å². The summed E-state index contributed by atoms with van der Waals surface area (Å²) in [5.41, 5.74) is 0.657. The summed E-state index contributed by atoms with van der Waals surface area (Å²) in [5, 5.41) is 33.3. The number of carbonyl (C=O) groups excluding carboxylic acids is 2. The largest absolute Gasteiger partial charge is 0.474 e. The molecule has 0 spiro atoms. The Kier molecular flexibility index (Phi) is 7.21. The molecule has 0 aliphatic carbocycles. The third-order valence-corrected chi connectivity index (χ3v) is 5.95. The number of alkyl halides is 3. The Labute approximate surface area is 203 Å². The first-order chi connectivity index (χ1) is 17.1. The number of fused-ring (bicyclic) bond motifs is 3. The summed E-state index contributed by atoms with van der Waals surface area (Å²) < 4.78 is 43.8. The number of hydrogen-bond acceptors (Lipinski definition) is 9. The smallest absolute Gasteiger partial charge is 0.408 e. The number of nitrogens with zero attached hydrogens (tertiary/aromatic N) is 4. The van der Waals surface area contributed by atoms with Crippen LogP contribution < -0.4 is 20.7 Å². The molecule has 12 nitrogen and oxygen atoms in total. The van der Waals surface area contributed by atoms with Gasteiger partial charge in [0, 0.05) is 19.2 Å². The molecule has 196 valence electrons. The number of urea groups is 1. The summed E-state index contributed by atoms with van der Waals surface area (Å²) in [6.45, 7) is 1.43. The average Bonchev–Trinajstić information content (AvgIpc) is 3.26. The number of aromatic nitrogens is 2. The van der Waals surface area contributed by atoms with Crippen molar-refractivity contribution in [3.05, 3.63) is 35.8 Å². The van der Waals surface area contributed by atoms with Crippen LogP contribution in [0.15, 0.2) is 35.8 Å². The first-order valence-electron chi connectivity index (χ1n) is 11.2. The van der Waals surface area contributed by atoms with Crippen LogP contribution in [-0.2, 0) is 4.79 Å². The Morgan fingerprint density at radius 2 is 2.11 bits per heavy atom. The number of aliphatic hydroxyl groups is 2. The van der Waals surface area contributed by atoms with Gasteiger partial charge in [0.1, 0.15) is 30.6 Å². The van der Waals surface area contributed by atoms with Gasteiger partial charge in [0.05, 0.1) is 18.3 Å². The molecule has 5 N–H and O–H groups in total. The normalized spacial score (nSPS) is 22.5. The van der Waals surface area contributed by atoms with Crippen molar-refractivity contribution >= 4 is 17.8 Å². The molecule has 0 saturated carbocycles. The zero-order chi connectivity index (χ0) is 26.0. The number of carbonyl (C=O) groups is 2. The van der Waals surface area contributed by atoms with Gasteiger partial charge in [0.25, 0.3) is 0 Å². The number of nitrogens with one attached hydrogen (secondary N) is 3. The number of halogens is 3. The van der Waals surface area contributed by atoms with Crippen LogP contribution in [0.25, 0.3) is 0 Å². The fraction of sp³-hybridized carbons (Fsp3) is 0.524. The number of dihydropyridines is 1. The number of amides is 3. The Bertz CT molecular complexity index is 1050. The number of rotatable bonds is 7. The van der Waals surface area contributed by atoms with Crippen molar-refractivity contribution < 1.29 is 37.7 Å². The Morgan fingerprint density at radius 1 is 1.33 bits per heavy atom. The van der Waals surface area contributed by atoms with Crippen LogP contribution in [0, 0.1) is 0 Å². The standard InChI is InChI=1S/C21H26F3N7O5/c1-11(21(22,23)24)25-19(34)14-2-3-15-18(26-14)31(12-6-7-30(15)8-12)20(35)27-16-4-5-17(29-28-16)36-10-13(33)9-32/h2-5,11-14,26,32-33H,6-10H2,1H3,(H,25,34)(H,27,28,35)/t11-,12+,13+,14?/m1/s1. The van der Waals surface area contributed by atoms with Gasteiger partial charge in [-0.2, -0.15) is 13.2 Å². The lowest BCUT2D eigenvalue weighted by Gasteiger charge is -2.40. The van der Waals surface area contributed by atoms with Gasteiger partial charge in [-0.25, -0.2) is 4.79 Å². The van der Waals surface area contributed by atoms with Crippen molar-refractivity contribution in [3.63, 3.8) is 0 Å². The molecule has 1 unspecified atom stereocenters. The van der Waals surface area contributed by atoms with Crippen LogP contribution in [0.3, 0.4) is 0 Å². The van der Waals surface area contributed by atoms with E-state index in [1.807, 2.05) is 10.2 Å². The van der Waals surface area contributed by atoms with E-state index in [-0.39, 0.29) is 24.3 Å². The third-order valence-electron chi connectivity index (χ3n) is 5.95. The predicted octanol–water partition coefficient (Wildman–Crippen LogP) is -0.106. The van der Waals surface area contributed by atoms with E-state index in [0.29, 0.717) is 31.0 Å². The van der Waals surface area contributed by atoms with E-state index >= 15 is 0 Å². The maximum absolute atomic E-state index is 13.2. The van der Waals surface area contributed by atoms with Crippen molar-refractivity contribution in [2.45, 2.75) is 43.8 Å². The second kappa shape index (κ2) is 10.2. The quantitative estimate of drug-likeness (QED) is 0.336. The van der Waals surface area contributed by atoms with E-state index in [0.717, 1.165) is 6.92 Å². The number of aliphatic hydroxyl groups excluding tert-OH is 2. The molecule has 3 amide bonds. The third kappa shape index (κ3) is 5.46. The summed E-state index contributed by atoms with van der Waals surface area (Å²) in [6, 6.07) is -1.05. The van der Waals surface area contributed by atoms with E-state index in [4.69, 9.17) is 9.84 Å². The highest BCUT2D eigenvalue weighted by Gasteiger charge is 2.43. The summed E-state index contributed by atoms with van der Waals surface area (Å²) in [7, 11) is 0. The molecule has 15 heteroatoms. The fourth-order valence-electron chi connectivity index (χ4n) is 4.01. The van der Waals surface area contributed by atoms with Gasteiger partial charge in [0.2, 0.25) is 11.8 Å². The lowest BCUT2D eigenvalue weighted by Crippen LogP contribution is -2.57. The fourth-order valence-corrected chi connectivity index (χ4v) is 4.01. The molecule has 2 bridgehead atoms. The maximum Gasteiger partial charge on any atom is 0.408 e. The molecule has 4 heterocycles. The first kappa shape index (κ1) is 25.5. The van der Waals surface area contributed by atoms with Gasteiger partial charge < -0.3 is 30.5 Å². The molecular formula is C21H26F3N7O5. The average molecular weight is 513 g/mol. The van der Waals surface area contributed by atoms with Crippen molar-refractivity contribution in [2.24, 2.45) is 0 Å². The highest BCUT2D eigenvalue weighted by atomic mass is 19.4. The Morgan fingerprint density at radius 3 is 2.78 bits per heavy atom. The van der Waals surface area contributed by atoms with Crippen LogP contribution >= 0.6 is 0 Å². The molecule has 0 aromatic carbocycles.